The molecule has 0 N–H and O–H groups in total. The molecule has 0 unspecified atom stereocenters. The molecule has 102 valence electrons. The van der Waals surface area contributed by atoms with Gasteiger partial charge in [-0.15, -0.1) is 0 Å². The predicted octanol–water partition coefficient (Wildman–Crippen LogP) is 4.07. The number of carbonyl (C=O) groups excluding carboxylic acids is 1. The number of hydrogen-bond donors (Lipinski definition) is 0. The lowest BCUT2D eigenvalue weighted by atomic mass is 10.1. The Hall–Kier alpha value is -0.610. The molecular formula is C14H16BrIN2O. The fourth-order valence-electron chi connectivity index (χ4n) is 1.73. The third kappa shape index (κ3) is 5.11. The van der Waals surface area contributed by atoms with Crippen LogP contribution in [0.5, 0.6) is 0 Å². The van der Waals surface area contributed by atoms with Crippen LogP contribution in [-0.2, 0) is 0 Å². The van der Waals surface area contributed by atoms with Gasteiger partial charge in [0.2, 0.25) is 0 Å². The summed E-state index contributed by atoms with van der Waals surface area (Å²) in [5.74, 6) is 0.377. The van der Waals surface area contributed by atoms with E-state index in [1.807, 2.05) is 18.2 Å². The maximum absolute atomic E-state index is 12.6. The van der Waals surface area contributed by atoms with E-state index >= 15 is 0 Å². The average Bonchev–Trinajstić information content (AvgIpc) is 2.36. The largest absolute Gasteiger partial charge is 0.337 e. The minimum Gasteiger partial charge on any atom is -0.337 e. The van der Waals surface area contributed by atoms with Crippen molar-refractivity contribution in [1.29, 1.82) is 5.26 Å². The van der Waals surface area contributed by atoms with Crippen molar-refractivity contribution in [1.82, 2.24) is 4.90 Å². The van der Waals surface area contributed by atoms with E-state index < -0.39 is 0 Å². The first-order valence-electron chi connectivity index (χ1n) is 6.07. The van der Waals surface area contributed by atoms with Gasteiger partial charge in [0.1, 0.15) is 0 Å². The first kappa shape index (κ1) is 16.4. The minimum absolute atomic E-state index is 0.00495. The maximum atomic E-state index is 12.6. The van der Waals surface area contributed by atoms with Crippen LogP contribution in [0.4, 0.5) is 0 Å². The first-order valence-corrected chi connectivity index (χ1v) is 7.94. The van der Waals surface area contributed by atoms with Crippen LogP contribution < -0.4 is 0 Å². The molecule has 3 nitrogen and oxygen atoms in total. The van der Waals surface area contributed by atoms with Crippen LogP contribution in [0.15, 0.2) is 22.7 Å². The predicted molar refractivity (Wildman–Crippen MR) is 87.8 cm³/mol. The molecule has 5 heteroatoms. The van der Waals surface area contributed by atoms with Crippen molar-refractivity contribution in [2.24, 2.45) is 5.92 Å². The molecule has 0 aromatic heterocycles. The third-order valence-corrected chi connectivity index (χ3v) is 3.96. The number of amides is 1. The van der Waals surface area contributed by atoms with Crippen molar-refractivity contribution < 1.29 is 4.79 Å². The molecule has 1 aromatic carbocycles. The van der Waals surface area contributed by atoms with Crippen molar-refractivity contribution in [2.45, 2.75) is 20.3 Å². The Morgan fingerprint density at radius 2 is 2.21 bits per heavy atom. The summed E-state index contributed by atoms with van der Waals surface area (Å²) in [5, 5.41) is 8.70. The Kier molecular flexibility index (Phi) is 6.80. The molecule has 0 saturated heterocycles. The van der Waals surface area contributed by atoms with Crippen LogP contribution in [0.2, 0.25) is 0 Å². The first-order chi connectivity index (χ1) is 8.95. The molecule has 0 aliphatic rings. The van der Waals surface area contributed by atoms with Gasteiger partial charge >= 0.3 is 0 Å². The highest BCUT2D eigenvalue weighted by Crippen LogP contribution is 2.20. The minimum atomic E-state index is -0.00495. The van der Waals surface area contributed by atoms with Crippen LogP contribution in [0.3, 0.4) is 0 Å². The Balaban J connectivity index is 2.97. The maximum Gasteiger partial charge on any atom is 0.255 e. The quantitative estimate of drug-likeness (QED) is 0.655. The Morgan fingerprint density at radius 1 is 1.53 bits per heavy atom. The van der Waals surface area contributed by atoms with Crippen LogP contribution in [0.25, 0.3) is 0 Å². The number of rotatable bonds is 5. The van der Waals surface area contributed by atoms with Crippen LogP contribution in [0, 0.1) is 20.8 Å². The highest BCUT2D eigenvalue weighted by atomic mass is 127. The summed E-state index contributed by atoms with van der Waals surface area (Å²) in [6.45, 7) is 5.29. The van der Waals surface area contributed by atoms with E-state index in [-0.39, 0.29) is 5.91 Å². The highest BCUT2D eigenvalue weighted by Gasteiger charge is 2.19. The van der Waals surface area contributed by atoms with Gasteiger partial charge < -0.3 is 4.90 Å². The Morgan fingerprint density at radius 3 is 2.79 bits per heavy atom. The van der Waals surface area contributed by atoms with Gasteiger partial charge in [-0.1, -0.05) is 29.8 Å². The third-order valence-electron chi connectivity index (χ3n) is 2.53. The van der Waals surface area contributed by atoms with Gasteiger partial charge in [-0.05, 0) is 46.7 Å². The Labute approximate surface area is 136 Å². The summed E-state index contributed by atoms with van der Waals surface area (Å²) in [6.07, 6.45) is 0.364. The molecule has 0 atom stereocenters. The molecule has 0 spiro atoms. The zero-order valence-electron chi connectivity index (χ0n) is 11.0. The molecule has 1 amide bonds. The van der Waals surface area contributed by atoms with Crippen LogP contribution in [0.1, 0.15) is 30.6 Å². The number of benzene rings is 1. The summed E-state index contributed by atoms with van der Waals surface area (Å²) < 4.78 is 1.82. The van der Waals surface area contributed by atoms with Crippen LogP contribution >= 0.6 is 38.5 Å². The van der Waals surface area contributed by atoms with Crippen molar-refractivity contribution in [3.63, 3.8) is 0 Å². The van der Waals surface area contributed by atoms with E-state index in [2.05, 4.69) is 58.4 Å². The van der Waals surface area contributed by atoms with Crippen molar-refractivity contribution in [2.75, 3.05) is 13.1 Å². The number of hydrogen-bond acceptors (Lipinski definition) is 2. The van der Waals surface area contributed by atoms with E-state index in [9.17, 15) is 4.79 Å². The molecule has 1 rings (SSSR count). The molecular weight excluding hydrogens is 419 g/mol. The second-order valence-corrected chi connectivity index (χ2v) is 6.76. The standard InChI is InChI=1S/C14H16BrIN2O/c1-10(2)9-18(7-3-6-17)14(19)12-8-11(15)4-5-13(12)16/h4-5,8,10H,3,7,9H2,1-2H3. The van der Waals surface area contributed by atoms with Gasteiger partial charge in [0.15, 0.2) is 0 Å². The Bertz CT molecular complexity index is 497. The molecule has 0 aliphatic heterocycles. The average molecular weight is 435 g/mol. The molecule has 0 heterocycles. The SMILES string of the molecule is CC(C)CN(CCC#N)C(=O)c1cc(Br)ccc1I. The lowest BCUT2D eigenvalue weighted by molar-refractivity contribution is 0.0739. The summed E-state index contributed by atoms with van der Waals surface area (Å²) in [6, 6.07) is 7.77. The smallest absolute Gasteiger partial charge is 0.255 e. The van der Waals surface area contributed by atoms with Gasteiger partial charge in [-0.3, -0.25) is 4.79 Å². The second kappa shape index (κ2) is 7.85. The highest BCUT2D eigenvalue weighted by molar-refractivity contribution is 14.1. The summed E-state index contributed by atoms with van der Waals surface area (Å²) >= 11 is 5.55. The van der Waals surface area contributed by atoms with E-state index in [1.165, 1.54) is 0 Å². The van der Waals surface area contributed by atoms with Gasteiger partial charge in [0.25, 0.3) is 5.91 Å². The van der Waals surface area contributed by atoms with E-state index in [4.69, 9.17) is 5.26 Å². The monoisotopic (exact) mass is 434 g/mol. The van der Waals surface area contributed by atoms with E-state index in [1.54, 1.807) is 4.90 Å². The number of halogens is 2. The zero-order chi connectivity index (χ0) is 14.4. The number of carbonyl (C=O) groups is 1. The van der Waals surface area contributed by atoms with Gasteiger partial charge in [-0.2, -0.15) is 5.26 Å². The van der Waals surface area contributed by atoms with Crippen LogP contribution in [-0.4, -0.2) is 23.9 Å². The normalized spacial score (nSPS) is 10.3. The van der Waals surface area contributed by atoms with Crippen molar-refractivity contribution >= 4 is 44.4 Å². The van der Waals surface area contributed by atoms with Crippen molar-refractivity contribution in [3.05, 3.63) is 31.8 Å². The van der Waals surface area contributed by atoms with E-state index in [0.717, 1.165) is 8.04 Å². The van der Waals surface area contributed by atoms with Crippen molar-refractivity contribution in [3.8, 4) is 6.07 Å². The number of nitrogens with zero attached hydrogens (tertiary/aromatic N) is 2. The second-order valence-electron chi connectivity index (χ2n) is 4.68. The fraction of sp³-hybridized carbons (Fsp3) is 0.429. The fourth-order valence-corrected chi connectivity index (χ4v) is 2.66. The molecule has 0 radical (unpaired) electrons. The summed E-state index contributed by atoms with van der Waals surface area (Å²) in [7, 11) is 0. The van der Waals surface area contributed by atoms with Gasteiger partial charge in [0, 0.05) is 21.1 Å². The molecule has 0 fully saturated rings. The molecule has 0 saturated carbocycles. The molecule has 0 aliphatic carbocycles. The molecule has 0 bridgehead atoms. The number of nitriles is 1. The molecule has 19 heavy (non-hydrogen) atoms. The lowest BCUT2D eigenvalue weighted by Crippen LogP contribution is -2.35. The van der Waals surface area contributed by atoms with E-state index in [0.29, 0.717) is 31.0 Å². The summed E-state index contributed by atoms with van der Waals surface area (Å²) in [4.78, 5) is 14.3. The topological polar surface area (TPSA) is 44.1 Å². The molecule has 1 aromatic rings. The zero-order valence-corrected chi connectivity index (χ0v) is 14.7. The van der Waals surface area contributed by atoms with Gasteiger partial charge in [-0.25, -0.2) is 0 Å². The lowest BCUT2D eigenvalue weighted by Gasteiger charge is -2.24. The van der Waals surface area contributed by atoms with Gasteiger partial charge in [0.05, 0.1) is 18.1 Å². The summed E-state index contributed by atoms with van der Waals surface area (Å²) in [5.41, 5.74) is 0.688.